The van der Waals surface area contributed by atoms with Gasteiger partial charge >= 0.3 is 41.8 Å². The van der Waals surface area contributed by atoms with E-state index in [2.05, 4.69) is 15.0 Å². The first-order chi connectivity index (χ1) is 29.7. The number of carbonyl (C=O) groups excluding carboxylic acids is 8. The maximum atomic E-state index is 15.1. The maximum Gasteiger partial charge on any atom is 0.355 e. The van der Waals surface area contributed by atoms with Gasteiger partial charge in [-0.05, 0) is 65.1 Å². The van der Waals surface area contributed by atoms with E-state index in [9.17, 15) is 33.6 Å². The Morgan fingerprint density at radius 3 is 1.42 bits per heavy atom. The molecular formula is C44H51N3O15. The molecule has 4 rings (SSSR count). The number of benzene rings is 1. The van der Waals surface area contributed by atoms with Gasteiger partial charge in [-0.15, -0.1) is 0 Å². The minimum absolute atomic E-state index is 0.00939. The molecule has 0 aliphatic heterocycles. The topological polar surface area (TPSA) is 249 Å². The summed E-state index contributed by atoms with van der Waals surface area (Å²) in [6.07, 6.45) is -1.60. The molecule has 0 amide bonds. The number of carbonyl (C=O) groups is 8. The Morgan fingerprint density at radius 2 is 0.903 bits per heavy atom. The highest BCUT2D eigenvalue weighted by atomic mass is 16.5. The van der Waals surface area contributed by atoms with E-state index >= 15 is 4.79 Å². The molecule has 0 atom stereocenters. The second kappa shape index (κ2) is 22.6. The van der Waals surface area contributed by atoms with Crippen molar-refractivity contribution in [2.75, 3.05) is 42.7 Å². The summed E-state index contributed by atoms with van der Waals surface area (Å²) in [6.45, 7) is 1.61. The molecule has 0 aliphatic rings. The van der Waals surface area contributed by atoms with Gasteiger partial charge in [0.05, 0.1) is 73.3 Å². The summed E-state index contributed by atoms with van der Waals surface area (Å²) in [5.41, 5.74) is 3.54. The van der Waals surface area contributed by atoms with Gasteiger partial charge in [-0.3, -0.25) is 33.6 Å². The molecule has 332 valence electrons. The number of nitrogens with one attached hydrogen (secondary N) is 3. The molecule has 4 aromatic rings. The fraction of sp³-hybridized carbons (Fsp3) is 0.409. The first-order valence-corrected chi connectivity index (χ1v) is 19.5. The molecule has 0 aliphatic carbocycles. The van der Waals surface area contributed by atoms with Gasteiger partial charge in [0.25, 0.3) is 0 Å². The summed E-state index contributed by atoms with van der Waals surface area (Å²) >= 11 is 0. The van der Waals surface area contributed by atoms with E-state index in [-0.39, 0.29) is 98.2 Å². The van der Waals surface area contributed by atoms with E-state index in [0.29, 0.717) is 39.3 Å². The summed E-state index contributed by atoms with van der Waals surface area (Å²) < 4.78 is 35.2. The molecule has 0 unspecified atom stereocenters. The third-order valence-electron chi connectivity index (χ3n) is 10.3. The van der Waals surface area contributed by atoms with Crippen LogP contribution in [0.4, 0.5) is 0 Å². The Morgan fingerprint density at radius 1 is 0.468 bits per heavy atom. The number of methoxy groups -OCH3 is 6. The number of rotatable bonds is 22. The molecule has 0 radical (unpaired) electrons. The van der Waals surface area contributed by atoms with Gasteiger partial charge in [-0.2, -0.15) is 0 Å². The van der Waals surface area contributed by atoms with Crippen molar-refractivity contribution in [2.45, 2.75) is 77.7 Å². The molecule has 1 aromatic carbocycles. The maximum absolute atomic E-state index is 15.1. The predicted octanol–water partition coefficient (Wildman–Crippen LogP) is 3.62. The number of H-pyrrole nitrogens is 3. The number of aromatic amines is 3. The van der Waals surface area contributed by atoms with Gasteiger partial charge in [0.15, 0.2) is 0 Å². The summed E-state index contributed by atoms with van der Waals surface area (Å²) in [5.74, 6) is -5.36. The number of ketones is 1. The second-order valence-corrected chi connectivity index (χ2v) is 14.0. The van der Waals surface area contributed by atoms with Gasteiger partial charge in [0, 0.05) is 42.8 Å². The van der Waals surface area contributed by atoms with E-state index < -0.39 is 54.0 Å². The van der Waals surface area contributed by atoms with Crippen molar-refractivity contribution in [3.05, 3.63) is 103 Å². The van der Waals surface area contributed by atoms with Crippen molar-refractivity contribution < 1.29 is 71.5 Å². The van der Waals surface area contributed by atoms with Gasteiger partial charge in [-0.25, -0.2) is 4.79 Å². The molecule has 0 fully saturated rings. The van der Waals surface area contributed by atoms with Crippen molar-refractivity contribution >= 4 is 47.6 Å². The van der Waals surface area contributed by atoms with Crippen LogP contribution in [0.25, 0.3) is 0 Å². The van der Waals surface area contributed by atoms with E-state index in [1.807, 2.05) is 0 Å². The quantitative estimate of drug-likeness (QED) is 0.0580. The fourth-order valence-electron chi connectivity index (χ4n) is 7.10. The highest BCUT2D eigenvalue weighted by Crippen LogP contribution is 2.32. The Hall–Kier alpha value is -6.98. The molecule has 62 heavy (non-hydrogen) atoms. The average Bonchev–Trinajstić information content (AvgIpc) is 3.91. The van der Waals surface area contributed by atoms with E-state index in [4.69, 9.17) is 33.2 Å². The highest BCUT2D eigenvalue weighted by molar-refractivity contribution is 6.11. The summed E-state index contributed by atoms with van der Waals surface area (Å²) in [6, 6.07) is 8.83. The van der Waals surface area contributed by atoms with Gasteiger partial charge in [-0.1, -0.05) is 30.3 Å². The summed E-state index contributed by atoms with van der Waals surface area (Å²) in [4.78, 5) is 114. The van der Waals surface area contributed by atoms with E-state index in [0.717, 1.165) is 7.11 Å². The number of ether oxygens (including phenoxy) is 7. The van der Waals surface area contributed by atoms with Crippen LogP contribution in [0.15, 0.2) is 30.3 Å². The van der Waals surface area contributed by atoms with Crippen LogP contribution in [0, 0.1) is 6.92 Å². The zero-order valence-electron chi connectivity index (χ0n) is 35.8. The lowest BCUT2D eigenvalue weighted by Gasteiger charge is -2.10. The normalized spacial score (nSPS) is 10.8. The van der Waals surface area contributed by atoms with E-state index in [1.165, 1.54) is 35.5 Å². The first kappa shape index (κ1) is 47.7. The third kappa shape index (κ3) is 12.1. The van der Waals surface area contributed by atoms with Crippen LogP contribution in [-0.2, 0) is 113 Å². The van der Waals surface area contributed by atoms with Crippen LogP contribution >= 0.6 is 0 Å². The second-order valence-electron chi connectivity index (χ2n) is 14.0. The number of aryl methyl sites for hydroxylation is 1. The molecule has 3 heterocycles. The molecule has 0 saturated carbocycles. The Balaban J connectivity index is 1.98. The zero-order valence-corrected chi connectivity index (χ0v) is 35.8. The molecule has 3 N–H and O–H groups in total. The van der Waals surface area contributed by atoms with Gasteiger partial charge in [0.2, 0.25) is 5.78 Å². The van der Waals surface area contributed by atoms with Crippen LogP contribution < -0.4 is 0 Å². The lowest BCUT2D eigenvalue weighted by atomic mass is 9.94. The van der Waals surface area contributed by atoms with Crippen LogP contribution in [0.2, 0.25) is 0 Å². The Kier molecular flexibility index (Phi) is 17.4. The van der Waals surface area contributed by atoms with Crippen molar-refractivity contribution in [1.82, 2.24) is 15.0 Å². The zero-order chi connectivity index (χ0) is 45.5. The molecule has 0 saturated heterocycles. The number of hydrogen-bond donors (Lipinski definition) is 3. The predicted molar refractivity (Wildman–Crippen MR) is 217 cm³/mol. The van der Waals surface area contributed by atoms with Crippen molar-refractivity contribution in [1.29, 1.82) is 0 Å². The smallest absolute Gasteiger partial charge is 0.355 e. The first-order valence-electron chi connectivity index (χ1n) is 19.5. The Labute approximate surface area is 357 Å². The molecule has 3 aromatic heterocycles. The lowest BCUT2D eigenvalue weighted by Crippen LogP contribution is -2.14. The molecule has 18 heteroatoms. The van der Waals surface area contributed by atoms with Crippen molar-refractivity contribution in [3.63, 3.8) is 0 Å². The van der Waals surface area contributed by atoms with Gasteiger partial charge in [0.1, 0.15) is 12.3 Å². The SMILES string of the molecule is COC(=O)CCc1c(Cc2[nH]c(C(=O)c3[nH]c(C(=O)OCc4ccccc4)c(CCC(=O)OC)c3CC(=O)OC)c(CCC(=O)OC)c2CC(=O)OC)[nH]c(C)c1CC(=O)OC. The standard InChI is InChI=1S/C44H51N3O15/c1-24-29(19-37(51)59-5)26(13-16-34(48)56-2)32(45-24)22-33-30(20-38(52)60-6)27(14-17-35(49)57-3)40(46-33)43(54)41-31(21-39(53)61-7)28(15-18-36(50)58-4)42(47-41)44(55)62-23-25-11-9-8-10-12-25/h8-12,45-47H,13-23H2,1-7H3. The van der Waals surface area contributed by atoms with Gasteiger partial charge < -0.3 is 48.1 Å². The van der Waals surface area contributed by atoms with Crippen LogP contribution in [-0.4, -0.2) is 105 Å². The molecule has 0 bridgehead atoms. The largest absolute Gasteiger partial charge is 0.469 e. The Bertz CT molecular complexity index is 2300. The van der Waals surface area contributed by atoms with Crippen molar-refractivity contribution in [2.24, 2.45) is 0 Å². The third-order valence-corrected chi connectivity index (χ3v) is 10.3. The highest BCUT2D eigenvalue weighted by Gasteiger charge is 2.33. The number of aromatic nitrogens is 3. The van der Waals surface area contributed by atoms with E-state index in [1.54, 1.807) is 37.3 Å². The fourth-order valence-corrected chi connectivity index (χ4v) is 7.10. The van der Waals surface area contributed by atoms with Crippen molar-refractivity contribution in [3.8, 4) is 0 Å². The summed E-state index contributed by atoms with van der Waals surface area (Å²) in [5, 5.41) is 0. The lowest BCUT2D eigenvalue weighted by molar-refractivity contribution is -0.141. The summed E-state index contributed by atoms with van der Waals surface area (Å²) in [7, 11) is 7.25. The minimum atomic E-state index is -0.882. The molecule has 18 nitrogen and oxygen atoms in total. The van der Waals surface area contributed by atoms with Crippen LogP contribution in [0.5, 0.6) is 0 Å². The minimum Gasteiger partial charge on any atom is -0.469 e. The molecular weight excluding hydrogens is 810 g/mol. The average molecular weight is 862 g/mol. The monoisotopic (exact) mass is 861 g/mol. The number of hydrogen-bond acceptors (Lipinski definition) is 15. The van der Waals surface area contributed by atoms with Crippen LogP contribution in [0.1, 0.15) is 102 Å². The molecule has 0 spiro atoms. The number of esters is 7. The van der Waals surface area contributed by atoms with Crippen LogP contribution in [0.3, 0.4) is 0 Å².